The van der Waals surface area contributed by atoms with Crippen LogP contribution in [0.15, 0.2) is 24.5 Å². The topological polar surface area (TPSA) is 50.2 Å². The fraction of sp³-hybridized carbons (Fsp3) is 0.467. The maximum absolute atomic E-state index is 11.8. The summed E-state index contributed by atoms with van der Waals surface area (Å²) in [5.41, 5.74) is 3.02. The summed E-state index contributed by atoms with van der Waals surface area (Å²) in [4.78, 5) is 18.3. The third-order valence-corrected chi connectivity index (χ3v) is 3.26. The largest absolute Gasteiger partial charge is 0.356 e. The summed E-state index contributed by atoms with van der Waals surface area (Å²) in [6.07, 6.45) is 3.17. The van der Waals surface area contributed by atoms with E-state index < -0.39 is 0 Å². The first-order chi connectivity index (χ1) is 9.56. The lowest BCUT2D eigenvalue weighted by Crippen LogP contribution is -2.28. The molecule has 1 aromatic heterocycles. The van der Waals surface area contributed by atoms with Crippen LogP contribution in [0, 0.1) is 0 Å². The molecule has 1 aromatic carbocycles. The molecule has 0 saturated carbocycles. The van der Waals surface area contributed by atoms with Gasteiger partial charge in [0.1, 0.15) is 0 Å². The summed E-state index contributed by atoms with van der Waals surface area (Å²) in [7, 11) is 6.03. The van der Waals surface area contributed by atoms with Crippen molar-refractivity contribution in [2.75, 3.05) is 27.2 Å². The second-order valence-corrected chi connectivity index (χ2v) is 5.36. The minimum atomic E-state index is 0.0686. The molecule has 0 saturated heterocycles. The Bertz CT molecular complexity index is 589. The number of nitrogens with one attached hydrogen (secondary N) is 1. The SMILES string of the molecule is CN(C)CCCNC(=O)Cc1ccc2c(c1)ncn2C. The van der Waals surface area contributed by atoms with E-state index in [1.54, 1.807) is 6.33 Å². The number of aryl methyl sites for hydroxylation is 1. The van der Waals surface area contributed by atoms with E-state index in [1.165, 1.54) is 0 Å². The van der Waals surface area contributed by atoms with Gasteiger partial charge in [0.2, 0.25) is 5.91 Å². The second kappa shape index (κ2) is 6.52. The van der Waals surface area contributed by atoms with E-state index in [1.807, 2.05) is 43.9 Å². The van der Waals surface area contributed by atoms with Crippen LogP contribution in [0.5, 0.6) is 0 Å². The van der Waals surface area contributed by atoms with Crippen molar-refractivity contribution in [2.45, 2.75) is 12.8 Å². The van der Waals surface area contributed by atoms with Crippen molar-refractivity contribution < 1.29 is 4.79 Å². The Morgan fingerprint density at radius 1 is 1.40 bits per heavy atom. The molecule has 5 heteroatoms. The molecule has 1 amide bonds. The lowest BCUT2D eigenvalue weighted by Gasteiger charge is -2.10. The van der Waals surface area contributed by atoms with Crippen LogP contribution in [0.25, 0.3) is 11.0 Å². The molecule has 5 nitrogen and oxygen atoms in total. The number of nitrogens with zero attached hydrogens (tertiary/aromatic N) is 3. The number of aromatic nitrogens is 2. The Balaban J connectivity index is 1.86. The summed E-state index contributed by atoms with van der Waals surface area (Å²) in [5, 5.41) is 2.95. The lowest BCUT2D eigenvalue weighted by atomic mass is 10.1. The highest BCUT2D eigenvalue weighted by Crippen LogP contribution is 2.14. The number of carbonyl (C=O) groups excluding carboxylic acids is 1. The Labute approximate surface area is 119 Å². The fourth-order valence-electron chi connectivity index (χ4n) is 2.16. The van der Waals surface area contributed by atoms with E-state index in [9.17, 15) is 4.79 Å². The highest BCUT2D eigenvalue weighted by Gasteiger charge is 2.06. The van der Waals surface area contributed by atoms with Gasteiger partial charge in [0, 0.05) is 13.6 Å². The number of rotatable bonds is 6. The van der Waals surface area contributed by atoms with Crippen LogP contribution in [0.1, 0.15) is 12.0 Å². The molecule has 0 aliphatic heterocycles. The average Bonchev–Trinajstić information content (AvgIpc) is 2.76. The van der Waals surface area contributed by atoms with Gasteiger partial charge in [0.25, 0.3) is 0 Å². The number of imidazole rings is 1. The Morgan fingerprint density at radius 3 is 2.95 bits per heavy atom. The molecule has 1 N–H and O–H groups in total. The van der Waals surface area contributed by atoms with Gasteiger partial charge in [-0.05, 0) is 44.8 Å². The molecular weight excluding hydrogens is 252 g/mol. The zero-order valence-corrected chi connectivity index (χ0v) is 12.4. The van der Waals surface area contributed by atoms with Crippen molar-refractivity contribution in [3.8, 4) is 0 Å². The van der Waals surface area contributed by atoms with Crippen molar-refractivity contribution in [2.24, 2.45) is 7.05 Å². The number of fused-ring (bicyclic) bond motifs is 1. The summed E-state index contributed by atoms with van der Waals surface area (Å²) >= 11 is 0. The van der Waals surface area contributed by atoms with Crippen LogP contribution in [0.2, 0.25) is 0 Å². The van der Waals surface area contributed by atoms with Crippen molar-refractivity contribution >= 4 is 16.9 Å². The third kappa shape index (κ3) is 3.81. The normalized spacial score (nSPS) is 11.2. The first-order valence-electron chi connectivity index (χ1n) is 6.87. The molecule has 0 spiro atoms. The van der Waals surface area contributed by atoms with E-state index >= 15 is 0 Å². The molecule has 0 atom stereocenters. The summed E-state index contributed by atoms with van der Waals surface area (Å²) in [6, 6.07) is 5.98. The highest BCUT2D eigenvalue weighted by molar-refractivity contribution is 5.81. The van der Waals surface area contributed by atoms with E-state index in [2.05, 4.69) is 15.2 Å². The Kier molecular flexibility index (Phi) is 4.74. The summed E-state index contributed by atoms with van der Waals surface area (Å²) in [5.74, 6) is 0.0686. The minimum Gasteiger partial charge on any atom is -0.356 e. The number of carbonyl (C=O) groups is 1. The quantitative estimate of drug-likeness (QED) is 0.805. The Morgan fingerprint density at radius 2 is 2.20 bits per heavy atom. The molecule has 1 heterocycles. The summed E-state index contributed by atoms with van der Waals surface area (Å²) < 4.78 is 1.97. The van der Waals surface area contributed by atoms with Crippen LogP contribution >= 0.6 is 0 Å². The van der Waals surface area contributed by atoms with Crippen LogP contribution < -0.4 is 5.32 Å². The highest BCUT2D eigenvalue weighted by atomic mass is 16.1. The van der Waals surface area contributed by atoms with Crippen LogP contribution in [0.3, 0.4) is 0 Å². The van der Waals surface area contributed by atoms with Crippen molar-refractivity contribution in [1.82, 2.24) is 19.8 Å². The van der Waals surface area contributed by atoms with Gasteiger partial charge in [-0.3, -0.25) is 4.79 Å². The number of hydrogen-bond acceptors (Lipinski definition) is 3. The van der Waals surface area contributed by atoms with Crippen LogP contribution in [0.4, 0.5) is 0 Å². The van der Waals surface area contributed by atoms with Crippen molar-refractivity contribution in [3.05, 3.63) is 30.1 Å². The van der Waals surface area contributed by atoms with Gasteiger partial charge in [-0.25, -0.2) is 4.98 Å². The fourth-order valence-corrected chi connectivity index (χ4v) is 2.16. The molecule has 20 heavy (non-hydrogen) atoms. The third-order valence-electron chi connectivity index (χ3n) is 3.26. The molecule has 0 aliphatic carbocycles. The lowest BCUT2D eigenvalue weighted by molar-refractivity contribution is -0.120. The molecule has 2 aromatic rings. The number of hydrogen-bond donors (Lipinski definition) is 1. The number of amides is 1. The van der Waals surface area contributed by atoms with Gasteiger partial charge in [-0.2, -0.15) is 0 Å². The van der Waals surface area contributed by atoms with Gasteiger partial charge < -0.3 is 14.8 Å². The van der Waals surface area contributed by atoms with Crippen molar-refractivity contribution in [3.63, 3.8) is 0 Å². The van der Waals surface area contributed by atoms with Gasteiger partial charge in [0.15, 0.2) is 0 Å². The molecule has 2 rings (SSSR count). The van der Waals surface area contributed by atoms with Crippen LogP contribution in [-0.2, 0) is 18.3 Å². The molecular formula is C15H22N4O. The standard InChI is InChI=1S/C15H22N4O/c1-18(2)8-4-7-16-15(20)10-12-5-6-14-13(9-12)17-11-19(14)3/h5-6,9,11H,4,7-8,10H2,1-3H3,(H,16,20). The molecule has 108 valence electrons. The smallest absolute Gasteiger partial charge is 0.224 e. The van der Waals surface area contributed by atoms with Gasteiger partial charge in [0.05, 0.1) is 23.8 Å². The zero-order chi connectivity index (χ0) is 14.5. The van der Waals surface area contributed by atoms with E-state index in [4.69, 9.17) is 0 Å². The van der Waals surface area contributed by atoms with Crippen molar-refractivity contribution in [1.29, 1.82) is 0 Å². The second-order valence-electron chi connectivity index (χ2n) is 5.36. The number of benzene rings is 1. The maximum atomic E-state index is 11.8. The molecule has 0 bridgehead atoms. The van der Waals surface area contributed by atoms with E-state index in [0.717, 1.165) is 36.1 Å². The van der Waals surface area contributed by atoms with E-state index in [0.29, 0.717) is 6.42 Å². The molecule has 0 radical (unpaired) electrons. The van der Waals surface area contributed by atoms with E-state index in [-0.39, 0.29) is 5.91 Å². The molecule has 0 unspecified atom stereocenters. The van der Waals surface area contributed by atoms with Crippen LogP contribution in [-0.4, -0.2) is 47.5 Å². The monoisotopic (exact) mass is 274 g/mol. The van der Waals surface area contributed by atoms with Gasteiger partial charge >= 0.3 is 0 Å². The molecule has 0 aliphatic rings. The maximum Gasteiger partial charge on any atom is 0.224 e. The van der Waals surface area contributed by atoms with Gasteiger partial charge in [-0.15, -0.1) is 0 Å². The van der Waals surface area contributed by atoms with Gasteiger partial charge in [-0.1, -0.05) is 6.07 Å². The minimum absolute atomic E-state index is 0.0686. The first kappa shape index (κ1) is 14.5. The predicted octanol–water partition coefficient (Wildman–Crippen LogP) is 1.18. The average molecular weight is 274 g/mol. The predicted molar refractivity (Wildman–Crippen MR) is 80.6 cm³/mol. The Hall–Kier alpha value is -1.88. The zero-order valence-electron chi connectivity index (χ0n) is 12.4. The molecule has 0 fully saturated rings. The first-order valence-corrected chi connectivity index (χ1v) is 6.87. The summed E-state index contributed by atoms with van der Waals surface area (Å²) in [6.45, 7) is 1.71.